The predicted molar refractivity (Wildman–Crippen MR) is 286 cm³/mol. The van der Waals surface area contributed by atoms with Crippen LogP contribution in [0.3, 0.4) is 0 Å². The molecule has 5 saturated heterocycles. The number of rotatable bonds is 36. The lowest BCUT2D eigenvalue weighted by Crippen LogP contribution is -2.70. The van der Waals surface area contributed by atoms with Crippen LogP contribution < -0.4 is 0 Å². The molecule has 594 valence electrons. The number of carboxylic acids is 2. The lowest BCUT2D eigenvalue weighted by atomic mass is 9.95. The lowest BCUT2D eigenvalue weighted by Gasteiger charge is -2.50. The summed E-state index contributed by atoms with van der Waals surface area (Å²) in [6.45, 7) is -5.57. The first-order chi connectivity index (χ1) is 45.6. The van der Waals surface area contributed by atoms with Gasteiger partial charge in [-0.3, -0.25) is 45.5 Å². The summed E-state index contributed by atoms with van der Waals surface area (Å²) in [6, 6.07) is 0. The third kappa shape index (κ3) is 27.1. The fraction of sp³-hybridized carbons (Fsp3) is 0.939. The zero-order valence-corrected chi connectivity index (χ0v) is 57.0. The second-order valence-corrected chi connectivity index (χ2v) is 30.3. The van der Waals surface area contributed by atoms with Gasteiger partial charge >= 0.3 is 116 Å². The Bertz CT molecular complexity index is 4070. The number of carbonyl (C=O) groups is 2. The fourth-order valence-corrected chi connectivity index (χ4v) is 14.0. The Morgan fingerprint density at radius 2 is 0.535 bits per heavy atom. The molecule has 0 aliphatic carbocycles. The molecule has 5 heterocycles. The summed E-state index contributed by atoms with van der Waals surface area (Å²) < 4.78 is 447. The Balaban J connectivity index is 1.68. The van der Waals surface area contributed by atoms with Crippen molar-refractivity contribution < 1.29 is 258 Å². The van der Waals surface area contributed by atoms with E-state index in [0.29, 0.717) is 21.3 Å². The summed E-state index contributed by atoms with van der Waals surface area (Å²) in [4.78, 5) is 26.4. The topological polar surface area (TPSA) is 862 Å². The lowest BCUT2D eigenvalue weighted by molar-refractivity contribution is -0.384. The molecule has 5 aliphatic rings. The molecule has 0 radical (unpaired) electrons. The molecule has 68 heteroatoms. The predicted octanol–water partition coefficient (Wildman–Crippen LogP) is -11.5. The summed E-state index contributed by atoms with van der Waals surface area (Å²) in [5.74, 6) is -5.03. The SMILES string of the molecule is CO[C@H]1O[C@H](COS(=O)(=O)O)[C@@H](O[C@@H]2O[C@@H](C(=O)O)[C@@H](O[C@H]3O[C@H](COS(=O)(=O)O)[C@@H](O[C@@H]4O[C@H](C(=O)O)[C@@H](O[C@H]5O[C@H](COS(=O)(=O)O)[C@@H](O)[C@H](OS(=O)(=O)O)[C@H]5OS(=O)(=O)O)[C@H](OC)[C@H]4O)[C@H](OS(=O)(=O)O)[C@H]3OS(=O)(=O)O)[C@H](OC)[C@H]2OS(=O)(=O)O)[C@H](OS(=O)(=O)O)[C@H]1OS(=O)(=O)O. The van der Waals surface area contributed by atoms with Gasteiger partial charge in [0.25, 0.3) is 0 Å². The molecule has 0 unspecified atom stereocenters. The highest BCUT2D eigenvalue weighted by Crippen LogP contribution is 2.41. The Kier molecular flexibility index (Phi) is 29.6. The van der Waals surface area contributed by atoms with Crippen molar-refractivity contribution in [3.63, 3.8) is 0 Å². The van der Waals surface area contributed by atoms with Crippen LogP contribution in [0.4, 0.5) is 0 Å². The van der Waals surface area contributed by atoms with Gasteiger partial charge in [-0.25, -0.2) is 51.4 Å². The molecule has 0 bridgehead atoms. The third-order valence-electron chi connectivity index (χ3n) is 13.0. The van der Waals surface area contributed by atoms with Crippen molar-refractivity contribution >= 4 is 116 Å². The van der Waals surface area contributed by atoms with E-state index in [1.807, 2.05) is 0 Å². The van der Waals surface area contributed by atoms with Crippen LogP contribution in [0, 0.1) is 0 Å². The second kappa shape index (κ2) is 33.7. The standard InChI is InChI=1S/C33H54O58S10/c1-70-14-11(35)29(83-21(27(36)37)17(14)81-31-23(88-98(58,59)60)15(85-95(49,50)51)10(34)7(76-31)4-73-92(40,41)42)79-12-9(6-75-94(46,47)48)78-32(26(91-101(67,68)69)20(12)87-97(55,56)57)82-18-16(71-2)24(89-99(61,62)63)33(84-22(18)28(38)39)80-13-8(5-74-93(43,44)45)77-30(72-3)25(90-100(64,65)66)19(13)86-96(52,53)54/h7-26,29-35H,4-6H2,1-3H3,(H,36,37)(H,38,39)(H,40,41,42)(H,43,44,45)(H,46,47,48)(H,49,50,51)(H,52,53,54)(H,55,56,57)(H,58,59,60)(H,61,62,63)(H,64,65,66)(H,67,68,69)/t7-,8-,9-,10-,11-,12-,13-,14-,15+,16+,17+,18+,19+,20+,21+,22-,23-,24-,25-,26-,29-,30+,31-,32-,33-/m1/s1. The number of hydrogen-bond donors (Lipinski definition) is 14. The first-order valence-electron chi connectivity index (χ1n) is 25.4. The van der Waals surface area contributed by atoms with Gasteiger partial charge in [-0.15, -0.1) is 0 Å². The maximum atomic E-state index is 13.3. The van der Waals surface area contributed by atoms with Crippen LogP contribution in [-0.4, -0.2) is 357 Å². The van der Waals surface area contributed by atoms with Gasteiger partial charge in [0.2, 0.25) is 0 Å². The zero-order chi connectivity index (χ0) is 77.3. The molecule has 0 aromatic heterocycles. The smallest absolute Gasteiger partial charge is 0.397 e. The van der Waals surface area contributed by atoms with Crippen LogP contribution in [0.1, 0.15) is 0 Å². The number of methoxy groups -OCH3 is 3. The first kappa shape index (κ1) is 88.7. The monoisotopic (exact) mass is 1700 g/mol. The number of hydrogen-bond acceptors (Lipinski definition) is 46. The molecule has 25 atom stereocenters. The summed E-state index contributed by atoms with van der Waals surface area (Å²) in [5.41, 5.74) is 0. The quantitative estimate of drug-likeness (QED) is 0.0259. The Hall–Kier alpha value is -2.92. The number of ether oxygens (including phenoxy) is 12. The van der Waals surface area contributed by atoms with Gasteiger partial charge in [0.15, 0.2) is 68.1 Å². The summed E-state index contributed by atoms with van der Waals surface area (Å²) >= 11 is 0. The van der Waals surface area contributed by atoms with E-state index in [-0.39, 0.29) is 0 Å². The zero-order valence-electron chi connectivity index (χ0n) is 48.9. The van der Waals surface area contributed by atoms with Crippen molar-refractivity contribution in [3.05, 3.63) is 0 Å². The van der Waals surface area contributed by atoms with Crippen molar-refractivity contribution in [2.75, 3.05) is 41.2 Å². The molecular formula is C33H54O58S10. The van der Waals surface area contributed by atoms with E-state index in [1.165, 1.54) is 0 Å². The van der Waals surface area contributed by atoms with Gasteiger partial charge in [-0.1, -0.05) is 0 Å². The summed E-state index contributed by atoms with van der Waals surface area (Å²) in [5, 5.41) is 43.8. The second-order valence-electron chi connectivity index (χ2n) is 19.7. The van der Waals surface area contributed by atoms with Crippen LogP contribution in [0.5, 0.6) is 0 Å². The van der Waals surface area contributed by atoms with Crippen LogP contribution in [0.25, 0.3) is 0 Å². The number of aliphatic hydroxyl groups is 2. The van der Waals surface area contributed by atoms with E-state index < -0.39 is 289 Å². The Labute approximate surface area is 566 Å². The van der Waals surface area contributed by atoms with Gasteiger partial charge < -0.3 is 77.3 Å². The molecule has 0 saturated carbocycles. The average Bonchev–Trinajstić information content (AvgIpc) is 0.762. The minimum absolute atomic E-state index is 0.374. The highest BCUT2D eigenvalue weighted by Gasteiger charge is 2.63. The molecule has 0 aromatic rings. The van der Waals surface area contributed by atoms with Gasteiger partial charge in [0, 0.05) is 21.3 Å². The molecule has 0 aromatic carbocycles. The van der Waals surface area contributed by atoms with Crippen LogP contribution in [-0.2, 0) is 212 Å². The highest BCUT2D eigenvalue weighted by atomic mass is 32.3. The van der Waals surface area contributed by atoms with Gasteiger partial charge in [-0.05, 0) is 0 Å². The maximum Gasteiger partial charge on any atom is 0.397 e. The molecular weight excluding hydrogens is 1640 g/mol. The Morgan fingerprint density at radius 3 is 0.871 bits per heavy atom. The van der Waals surface area contributed by atoms with Crippen molar-refractivity contribution in [2.45, 2.75) is 154 Å². The number of aliphatic carboxylic acids is 2. The molecule has 58 nitrogen and oxygen atoms in total. The number of aliphatic hydroxyl groups excluding tert-OH is 2. The maximum absolute atomic E-state index is 13.3. The molecule has 5 aliphatic heterocycles. The summed E-state index contributed by atoms with van der Waals surface area (Å²) in [6.07, 6.45) is -76.2. The molecule has 0 spiro atoms. The minimum atomic E-state index is -6.48. The first-order valence-corrected chi connectivity index (χ1v) is 39.0. The fourth-order valence-electron chi connectivity index (χ4n) is 9.69. The van der Waals surface area contributed by atoms with E-state index in [1.54, 1.807) is 0 Å². The summed E-state index contributed by atoms with van der Waals surface area (Å²) in [7, 11) is -59.4. The molecule has 0 amide bonds. The Morgan fingerprint density at radius 1 is 0.277 bits per heavy atom. The van der Waals surface area contributed by atoms with Crippen LogP contribution in [0.15, 0.2) is 0 Å². The molecule has 14 N–H and O–H groups in total. The van der Waals surface area contributed by atoms with E-state index in [9.17, 15) is 155 Å². The largest absolute Gasteiger partial charge is 0.479 e. The van der Waals surface area contributed by atoms with E-state index in [2.05, 4.69) is 41.8 Å². The van der Waals surface area contributed by atoms with E-state index >= 15 is 0 Å². The van der Waals surface area contributed by atoms with Crippen LogP contribution in [0.2, 0.25) is 0 Å². The van der Waals surface area contributed by atoms with Crippen molar-refractivity contribution in [1.29, 1.82) is 0 Å². The molecule has 5 rings (SSSR count). The van der Waals surface area contributed by atoms with E-state index in [0.717, 1.165) is 0 Å². The van der Waals surface area contributed by atoms with Crippen molar-refractivity contribution in [1.82, 2.24) is 0 Å². The van der Waals surface area contributed by atoms with E-state index in [4.69, 9.17) is 61.4 Å². The average molecular weight is 1700 g/mol. The van der Waals surface area contributed by atoms with Crippen LogP contribution >= 0.6 is 0 Å². The van der Waals surface area contributed by atoms with Gasteiger partial charge in [-0.2, -0.15) is 84.2 Å². The third-order valence-corrected chi connectivity index (χ3v) is 17.6. The van der Waals surface area contributed by atoms with Gasteiger partial charge in [0.1, 0.15) is 85.5 Å². The van der Waals surface area contributed by atoms with Crippen molar-refractivity contribution in [2.24, 2.45) is 0 Å². The molecule has 101 heavy (non-hydrogen) atoms. The minimum Gasteiger partial charge on any atom is -0.479 e. The van der Waals surface area contributed by atoms with Gasteiger partial charge in [0.05, 0.1) is 19.8 Å². The normalized spacial score (nSPS) is 36.3. The molecule has 5 fully saturated rings. The highest BCUT2D eigenvalue weighted by molar-refractivity contribution is 7.83. The number of carboxylic acid groups (broad SMARTS) is 2. The van der Waals surface area contributed by atoms with Crippen molar-refractivity contribution in [3.8, 4) is 0 Å².